The molecule has 0 aliphatic rings. The molecule has 4 heteroatoms. The van der Waals surface area contributed by atoms with Crippen LogP contribution < -0.4 is 11.1 Å². The third kappa shape index (κ3) is 3.46. The number of nitrogens with one attached hydrogen (secondary N) is 1. The zero-order valence-corrected chi connectivity index (χ0v) is 9.77. The molecule has 0 bridgehead atoms. The monoisotopic (exact) mass is 221 g/mol. The van der Waals surface area contributed by atoms with Crippen LogP contribution in [0.25, 0.3) is 0 Å². The summed E-state index contributed by atoms with van der Waals surface area (Å²) >= 11 is 0. The van der Waals surface area contributed by atoms with Gasteiger partial charge in [-0.25, -0.2) is 0 Å². The van der Waals surface area contributed by atoms with E-state index < -0.39 is 0 Å². The highest BCUT2D eigenvalue weighted by molar-refractivity contribution is 5.87. The molecule has 0 aliphatic carbocycles. The number of hydrogen-bond acceptors (Lipinski definition) is 3. The molecule has 1 atom stereocenters. The van der Waals surface area contributed by atoms with Crippen LogP contribution in [0, 0.1) is 0 Å². The lowest BCUT2D eigenvalue weighted by Gasteiger charge is -2.13. The van der Waals surface area contributed by atoms with E-state index >= 15 is 0 Å². The summed E-state index contributed by atoms with van der Waals surface area (Å²) in [4.78, 5) is 0. The van der Waals surface area contributed by atoms with E-state index in [0.29, 0.717) is 0 Å². The summed E-state index contributed by atoms with van der Waals surface area (Å²) in [5.74, 6) is 0.178. The molecule has 0 fully saturated rings. The molecule has 16 heavy (non-hydrogen) atoms. The minimum atomic E-state index is -0.179. The summed E-state index contributed by atoms with van der Waals surface area (Å²) in [5, 5.41) is 14.6. The first-order valence-corrected chi connectivity index (χ1v) is 5.50. The zero-order valence-electron chi connectivity index (χ0n) is 9.77. The van der Waals surface area contributed by atoms with Gasteiger partial charge in [-0.3, -0.25) is 0 Å². The summed E-state index contributed by atoms with van der Waals surface area (Å²) in [6, 6.07) is 8.01. The summed E-state index contributed by atoms with van der Waals surface area (Å²) in [6.07, 6.45) is 2.24. The van der Waals surface area contributed by atoms with Crippen molar-refractivity contribution in [3.05, 3.63) is 29.8 Å². The van der Waals surface area contributed by atoms with E-state index in [2.05, 4.69) is 29.5 Å². The van der Waals surface area contributed by atoms with Crippen molar-refractivity contribution in [1.82, 2.24) is 0 Å². The van der Waals surface area contributed by atoms with Gasteiger partial charge in [-0.2, -0.15) is 0 Å². The van der Waals surface area contributed by atoms with Gasteiger partial charge in [-0.15, -0.1) is 0 Å². The van der Waals surface area contributed by atoms with Crippen LogP contribution in [0.3, 0.4) is 0 Å². The Morgan fingerprint density at radius 3 is 2.56 bits per heavy atom. The molecule has 4 N–H and O–H groups in total. The molecule has 0 amide bonds. The predicted molar refractivity (Wildman–Crippen MR) is 66.9 cm³/mol. The third-order valence-electron chi connectivity index (χ3n) is 2.43. The van der Waals surface area contributed by atoms with Crippen LogP contribution in [0.1, 0.15) is 25.8 Å². The summed E-state index contributed by atoms with van der Waals surface area (Å²) in [5.41, 5.74) is 7.77. The lowest BCUT2D eigenvalue weighted by atomic mass is 10.1. The van der Waals surface area contributed by atoms with Crippen LogP contribution in [0.4, 0.5) is 5.69 Å². The average molecular weight is 221 g/mol. The molecule has 0 radical (unpaired) electrons. The summed E-state index contributed by atoms with van der Waals surface area (Å²) < 4.78 is 0. The highest BCUT2D eigenvalue weighted by Gasteiger charge is 2.06. The van der Waals surface area contributed by atoms with Gasteiger partial charge in [0, 0.05) is 5.69 Å². The second kappa shape index (κ2) is 6.00. The van der Waals surface area contributed by atoms with Gasteiger partial charge < -0.3 is 16.3 Å². The Labute approximate surface area is 96.2 Å². The average Bonchev–Trinajstić information content (AvgIpc) is 2.31. The normalized spacial score (nSPS) is 13.5. The fraction of sp³-hybridized carbons (Fsp3) is 0.417. The van der Waals surface area contributed by atoms with Gasteiger partial charge in [-0.1, -0.05) is 30.6 Å². The third-order valence-corrected chi connectivity index (χ3v) is 2.43. The van der Waals surface area contributed by atoms with Gasteiger partial charge in [-0.05, 0) is 31.0 Å². The number of nitrogens with zero attached hydrogens (tertiary/aromatic N) is 1. The smallest absolute Gasteiger partial charge is 0.161 e. The van der Waals surface area contributed by atoms with Gasteiger partial charge in [0.15, 0.2) is 5.84 Å². The second-order valence-corrected chi connectivity index (χ2v) is 3.84. The highest BCUT2D eigenvalue weighted by Crippen LogP contribution is 2.12. The topological polar surface area (TPSA) is 70.6 Å². The molecule has 0 aliphatic heterocycles. The van der Waals surface area contributed by atoms with Crippen molar-refractivity contribution in [1.29, 1.82) is 0 Å². The van der Waals surface area contributed by atoms with Crippen LogP contribution in [0.15, 0.2) is 29.4 Å². The minimum Gasteiger partial charge on any atom is -0.409 e. The van der Waals surface area contributed by atoms with Gasteiger partial charge >= 0.3 is 0 Å². The van der Waals surface area contributed by atoms with Crippen molar-refractivity contribution in [3.8, 4) is 0 Å². The van der Waals surface area contributed by atoms with Crippen molar-refractivity contribution < 1.29 is 5.21 Å². The molecule has 0 heterocycles. The predicted octanol–water partition coefficient (Wildman–Crippen LogP) is 2.19. The van der Waals surface area contributed by atoms with Crippen LogP contribution in [-0.2, 0) is 6.42 Å². The first kappa shape index (κ1) is 12.4. The maximum atomic E-state index is 8.52. The standard InChI is InChI=1S/C12H19N3O/c1-3-4-10-5-7-11(8-6-10)14-9(2)12(13)15-16/h5-9,14,16H,3-4H2,1-2H3,(H2,13,15). The molecule has 0 saturated heterocycles. The molecule has 88 valence electrons. The SMILES string of the molecule is CCCc1ccc(NC(C)C(N)=NO)cc1. The quantitative estimate of drug-likeness (QED) is 0.309. The van der Waals surface area contributed by atoms with Crippen molar-refractivity contribution in [3.63, 3.8) is 0 Å². The first-order chi connectivity index (χ1) is 7.67. The Kier molecular flexibility index (Phi) is 4.64. The van der Waals surface area contributed by atoms with E-state index in [1.807, 2.05) is 19.1 Å². The fourth-order valence-electron chi connectivity index (χ4n) is 1.47. The van der Waals surface area contributed by atoms with Crippen LogP contribution in [0.2, 0.25) is 0 Å². The number of rotatable bonds is 5. The number of amidine groups is 1. The first-order valence-electron chi connectivity index (χ1n) is 5.50. The summed E-state index contributed by atoms with van der Waals surface area (Å²) in [7, 11) is 0. The molecule has 0 saturated carbocycles. The Morgan fingerprint density at radius 2 is 2.06 bits per heavy atom. The Morgan fingerprint density at radius 1 is 1.44 bits per heavy atom. The van der Waals surface area contributed by atoms with Crippen LogP contribution in [0.5, 0.6) is 0 Å². The molecule has 4 nitrogen and oxygen atoms in total. The molecule has 1 unspecified atom stereocenters. The highest BCUT2D eigenvalue weighted by atomic mass is 16.4. The van der Waals surface area contributed by atoms with Crippen molar-refractivity contribution >= 4 is 11.5 Å². The Balaban J connectivity index is 2.61. The van der Waals surface area contributed by atoms with E-state index in [0.717, 1.165) is 18.5 Å². The van der Waals surface area contributed by atoms with E-state index in [1.165, 1.54) is 5.56 Å². The van der Waals surface area contributed by atoms with Crippen molar-refractivity contribution in [2.75, 3.05) is 5.32 Å². The van der Waals surface area contributed by atoms with E-state index in [4.69, 9.17) is 10.9 Å². The fourth-order valence-corrected chi connectivity index (χ4v) is 1.47. The Hall–Kier alpha value is -1.71. The second-order valence-electron chi connectivity index (χ2n) is 3.84. The van der Waals surface area contributed by atoms with Crippen molar-refractivity contribution in [2.24, 2.45) is 10.9 Å². The number of hydrogen-bond donors (Lipinski definition) is 3. The minimum absolute atomic E-state index is 0.178. The number of nitrogens with two attached hydrogens (primary N) is 1. The van der Waals surface area contributed by atoms with Crippen LogP contribution >= 0.6 is 0 Å². The molecule has 0 aromatic heterocycles. The van der Waals surface area contributed by atoms with Gasteiger partial charge in [0.2, 0.25) is 0 Å². The molecular weight excluding hydrogens is 202 g/mol. The number of anilines is 1. The number of aryl methyl sites for hydroxylation is 1. The molecule has 1 aromatic carbocycles. The molecule has 1 aromatic rings. The Bertz CT molecular complexity index is 346. The van der Waals surface area contributed by atoms with Crippen LogP contribution in [-0.4, -0.2) is 17.1 Å². The number of benzene rings is 1. The maximum Gasteiger partial charge on any atom is 0.161 e. The summed E-state index contributed by atoms with van der Waals surface area (Å²) in [6.45, 7) is 4.00. The van der Waals surface area contributed by atoms with E-state index in [9.17, 15) is 0 Å². The molecular formula is C12H19N3O. The lowest BCUT2D eigenvalue weighted by Crippen LogP contribution is -2.32. The zero-order chi connectivity index (χ0) is 12.0. The van der Waals surface area contributed by atoms with Crippen molar-refractivity contribution in [2.45, 2.75) is 32.7 Å². The molecule has 1 rings (SSSR count). The number of oxime groups is 1. The van der Waals surface area contributed by atoms with Gasteiger partial charge in [0.05, 0.1) is 6.04 Å². The molecule has 0 spiro atoms. The van der Waals surface area contributed by atoms with E-state index in [1.54, 1.807) is 0 Å². The van der Waals surface area contributed by atoms with E-state index in [-0.39, 0.29) is 11.9 Å². The van der Waals surface area contributed by atoms with Gasteiger partial charge in [0.25, 0.3) is 0 Å². The lowest BCUT2D eigenvalue weighted by molar-refractivity contribution is 0.316. The van der Waals surface area contributed by atoms with Gasteiger partial charge in [0.1, 0.15) is 0 Å². The largest absolute Gasteiger partial charge is 0.409 e. The maximum absolute atomic E-state index is 8.52.